The number of alkyl carbamates (subject to hydrolysis) is 1. The molecule has 2 amide bonds. The molecular weight excluding hydrogens is 332 g/mol. The summed E-state index contributed by atoms with van der Waals surface area (Å²) in [6, 6.07) is 8.52. The van der Waals surface area contributed by atoms with Gasteiger partial charge in [-0.1, -0.05) is 32.0 Å². The highest BCUT2D eigenvalue weighted by molar-refractivity contribution is 5.86. The van der Waals surface area contributed by atoms with Crippen molar-refractivity contribution >= 4 is 12.0 Å². The quantitative estimate of drug-likeness (QED) is 0.776. The summed E-state index contributed by atoms with van der Waals surface area (Å²) in [4.78, 5) is 24.6. The molecule has 146 valence electrons. The van der Waals surface area contributed by atoms with Crippen molar-refractivity contribution in [1.29, 1.82) is 0 Å². The van der Waals surface area contributed by atoms with E-state index in [9.17, 15) is 9.59 Å². The number of carbonyl (C=O) groups excluding carboxylic acids is 2. The molecule has 0 saturated carbocycles. The van der Waals surface area contributed by atoms with Crippen LogP contribution in [0.2, 0.25) is 0 Å². The molecule has 0 aliphatic carbocycles. The molecule has 2 N–H and O–H groups in total. The fourth-order valence-corrected chi connectivity index (χ4v) is 2.22. The lowest BCUT2D eigenvalue weighted by Gasteiger charge is -2.28. The molecule has 0 heterocycles. The number of ether oxygens (including phenoxy) is 2. The van der Waals surface area contributed by atoms with E-state index < -0.39 is 17.7 Å². The molecule has 0 aliphatic heterocycles. The van der Waals surface area contributed by atoms with E-state index in [2.05, 4.69) is 10.6 Å². The zero-order valence-corrected chi connectivity index (χ0v) is 16.8. The molecule has 0 radical (unpaired) electrons. The molecule has 3 atom stereocenters. The van der Waals surface area contributed by atoms with Gasteiger partial charge in [-0.25, -0.2) is 4.79 Å². The number of benzene rings is 1. The molecule has 1 aromatic carbocycles. The van der Waals surface area contributed by atoms with Gasteiger partial charge in [0.2, 0.25) is 5.91 Å². The van der Waals surface area contributed by atoms with Crippen molar-refractivity contribution in [1.82, 2.24) is 10.6 Å². The van der Waals surface area contributed by atoms with E-state index in [4.69, 9.17) is 9.47 Å². The van der Waals surface area contributed by atoms with Crippen LogP contribution in [0.5, 0.6) is 5.75 Å². The maximum atomic E-state index is 12.6. The number of carbonyl (C=O) groups is 2. The smallest absolute Gasteiger partial charge is 0.408 e. The predicted molar refractivity (Wildman–Crippen MR) is 102 cm³/mol. The van der Waals surface area contributed by atoms with Gasteiger partial charge in [0.05, 0.1) is 6.04 Å². The van der Waals surface area contributed by atoms with Crippen molar-refractivity contribution in [2.24, 2.45) is 5.92 Å². The van der Waals surface area contributed by atoms with Crippen LogP contribution in [0.25, 0.3) is 0 Å². The summed E-state index contributed by atoms with van der Waals surface area (Å²) >= 11 is 0. The Morgan fingerprint density at radius 2 is 1.54 bits per heavy atom. The van der Waals surface area contributed by atoms with Crippen LogP contribution in [0.4, 0.5) is 4.79 Å². The third kappa shape index (κ3) is 7.76. The van der Waals surface area contributed by atoms with Crippen molar-refractivity contribution in [3.63, 3.8) is 0 Å². The second-order valence-electron chi connectivity index (χ2n) is 7.80. The topological polar surface area (TPSA) is 76.7 Å². The summed E-state index contributed by atoms with van der Waals surface area (Å²) in [5, 5.41) is 5.57. The van der Waals surface area contributed by atoms with Crippen LogP contribution in [-0.2, 0) is 9.53 Å². The van der Waals surface area contributed by atoms with Crippen LogP contribution in [0.3, 0.4) is 0 Å². The first-order valence-electron chi connectivity index (χ1n) is 9.01. The lowest BCUT2D eigenvalue weighted by Crippen LogP contribution is -2.54. The van der Waals surface area contributed by atoms with Gasteiger partial charge < -0.3 is 20.1 Å². The van der Waals surface area contributed by atoms with E-state index in [1.165, 1.54) is 0 Å². The maximum Gasteiger partial charge on any atom is 0.408 e. The van der Waals surface area contributed by atoms with Crippen LogP contribution >= 0.6 is 0 Å². The molecule has 0 fully saturated rings. The van der Waals surface area contributed by atoms with Gasteiger partial charge in [-0.2, -0.15) is 0 Å². The third-order valence-corrected chi connectivity index (χ3v) is 3.76. The number of amides is 2. The number of hydrogen-bond acceptors (Lipinski definition) is 4. The van der Waals surface area contributed by atoms with E-state index in [1.807, 2.05) is 58.0 Å². The Labute approximate surface area is 156 Å². The molecule has 0 bridgehead atoms. The van der Waals surface area contributed by atoms with Gasteiger partial charge in [-0.15, -0.1) is 0 Å². The van der Waals surface area contributed by atoms with Crippen molar-refractivity contribution in [3.8, 4) is 5.75 Å². The normalized spacial score (nSPS) is 14.9. The highest BCUT2D eigenvalue weighted by Gasteiger charge is 2.28. The molecule has 26 heavy (non-hydrogen) atoms. The zero-order valence-electron chi connectivity index (χ0n) is 16.8. The average molecular weight is 364 g/mol. The summed E-state index contributed by atoms with van der Waals surface area (Å²) < 4.78 is 11.1. The van der Waals surface area contributed by atoms with E-state index in [1.54, 1.807) is 20.8 Å². The van der Waals surface area contributed by atoms with Crippen LogP contribution in [0.1, 0.15) is 48.5 Å². The summed E-state index contributed by atoms with van der Waals surface area (Å²) in [6.07, 6.45) is -0.830. The Morgan fingerprint density at radius 1 is 0.962 bits per heavy atom. The molecule has 1 rings (SSSR count). The molecule has 0 saturated heterocycles. The van der Waals surface area contributed by atoms with E-state index in [0.717, 1.165) is 5.75 Å². The van der Waals surface area contributed by atoms with Crippen molar-refractivity contribution < 1.29 is 19.1 Å². The summed E-state index contributed by atoms with van der Waals surface area (Å²) in [7, 11) is 0. The van der Waals surface area contributed by atoms with Crippen LogP contribution < -0.4 is 15.4 Å². The Hall–Kier alpha value is -2.24. The van der Waals surface area contributed by atoms with Crippen molar-refractivity contribution in [2.75, 3.05) is 0 Å². The third-order valence-electron chi connectivity index (χ3n) is 3.76. The molecule has 2 unspecified atom stereocenters. The number of rotatable bonds is 7. The van der Waals surface area contributed by atoms with Gasteiger partial charge in [-0.3, -0.25) is 4.79 Å². The Morgan fingerprint density at radius 3 is 2.04 bits per heavy atom. The fraction of sp³-hybridized carbons (Fsp3) is 0.600. The standard InChI is InChI=1S/C20H32N2O4/c1-13(2)17(22-19(24)26-20(5,6)7)18(23)21-14(3)15(4)25-16-11-9-8-10-12-16/h8-15,17H,1-7H3,(H,21,23)(H,22,24)/t14?,15?,17-/m0/s1. The van der Waals surface area contributed by atoms with Gasteiger partial charge in [0.25, 0.3) is 0 Å². The second kappa shape index (κ2) is 9.46. The number of para-hydroxylation sites is 1. The minimum absolute atomic E-state index is 0.0833. The molecule has 0 aromatic heterocycles. The minimum atomic E-state index is -0.684. The van der Waals surface area contributed by atoms with Crippen LogP contribution in [-0.4, -0.2) is 35.8 Å². The van der Waals surface area contributed by atoms with Crippen molar-refractivity contribution in [3.05, 3.63) is 30.3 Å². The van der Waals surface area contributed by atoms with Crippen LogP contribution in [0, 0.1) is 5.92 Å². The largest absolute Gasteiger partial charge is 0.489 e. The fourth-order valence-electron chi connectivity index (χ4n) is 2.22. The zero-order chi connectivity index (χ0) is 19.9. The molecular formula is C20H32N2O4. The second-order valence-corrected chi connectivity index (χ2v) is 7.80. The Kier molecular flexibility index (Phi) is 7.93. The van der Waals surface area contributed by atoms with E-state index in [0.29, 0.717) is 0 Å². The van der Waals surface area contributed by atoms with Crippen LogP contribution in [0.15, 0.2) is 30.3 Å². The van der Waals surface area contributed by atoms with Gasteiger partial charge >= 0.3 is 6.09 Å². The first-order chi connectivity index (χ1) is 12.0. The predicted octanol–water partition coefficient (Wildman–Crippen LogP) is 3.51. The Balaban J connectivity index is 2.64. The van der Waals surface area contributed by atoms with Gasteiger partial charge in [-0.05, 0) is 52.7 Å². The molecule has 6 heteroatoms. The number of nitrogens with one attached hydrogen (secondary N) is 2. The SMILES string of the molecule is CC(NC(=O)[C@@H](NC(=O)OC(C)(C)C)C(C)C)C(C)Oc1ccccc1. The minimum Gasteiger partial charge on any atom is -0.489 e. The first kappa shape index (κ1) is 21.8. The summed E-state index contributed by atoms with van der Waals surface area (Å²) in [5.41, 5.74) is -0.618. The molecule has 0 spiro atoms. The highest BCUT2D eigenvalue weighted by atomic mass is 16.6. The highest BCUT2D eigenvalue weighted by Crippen LogP contribution is 2.13. The first-order valence-corrected chi connectivity index (χ1v) is 9.01. The summed E-state index contributed by atoms with van der Waals surface area (Å²) in [6.45, 7) is 12.8. The van der Waals surface area contributed by atoms with Gasteiger partial charge in [0.1, 0.15) is 23.5 Å². The van der Waals surface area contributed by atoms with Crippen molar-refractivity contribution in [2.45, 2.75) is 72.3 Å². The number of hydrogen-bond donors (Lipinski definition) is 2. The molecule has 0 aliphatic rings. The maximum absolute atomic E-state index is 12.6. The van der Waals surface area contributed by atoms with Gasteiger partial charge in [0, 0.05) is 0 Å². The Bertz CT molecular complexity index is 581. The van der Waals surface area contributed by atoms with E-state index >= 15 is 0 Å². The lowest BCUT2D eigenvalue weighted by atomic mass is 10.0. The molecule has 1 aromatic rings. The monoisotopic (exact) mass is 364 g/mol. The van der Waals surface area contributed by atoms with E-state index in [-0.39, 0.29) is 24.0 Å². The lowest BCUT2D eigenvalue weighted by molar-refractivity contribution is -0.125. The molecule has 6 nitrogen and oxygen atoms in total. The summed E-state index contributed by atoms with van der Waals surface area (Å²) in [5.74, 6) is 0.398. The van der Waals surface area contributed by atoms with Gasteiger partial charge in [0.15, 0.2) is 0 Å². The average Bonchev–Trinajstić information content (AvgIpc) is 2.51.